The Morgan fingerprint density at radius 1 is 1.47 bits per heavy atom. The predicted octanol–water partition coefficient (Wildman–Crippen LogP) is -0.427. The van der Waals surface area contributed by atoms with E-state index in [0.29, 0.717) is 0 Å². The maximum atomic E-state index is 11.4. The number of nitrogens with zero attached hydrogens (tertiary/aromatic N) is 1. The number of carbonyl (C=O) groups excluding carboxylic acids is 2. The molecular formula is C12H20N2O5. The van der Waals surface area contributed by atoms with Crippen molar-refractivity contribution >= 4 is 11.8 Å². The Kier molecular flexibility index (Phi) is 5.04. The first-order valence-corrected chi connectivity index (χ1v) is 6.03. The summed E-state index contributed by atoms with van der Waals surface area (Å²) in [6, 6.07) is -0.798. The first kappa shape index (κ1) is 15.6. The van der Waals surface area contributed by atoms with Gasteiger partial charge in [-0.25, -0.2) is 4.79 Å². The lowest BCUT2D eigenvalue weighted by molar-refractivity contribution is -0.112. The van der Waals surface area contributed by atoms with Crippen LogP contribution in [0.5, 0.6) is 0 Å². The lowest BCUT2D eigenvalue weighted by Crippen LogP contribution is -2.43. The number of primary amides is 1. The van der Waals surface area contributed by atoms with Crippen molar-refractivity contribution in [2.45, 2.75) is 45.3 Å². The van der Waals surface area contributed by atoms with Crippen molar-refractivity contribution in [3.05, 3.63) is 12.3 Å². The fraction of sp³-hybridized carbons (Fsp3) is 0.667. The molecule has 0 aromatic rings. The number of hydrogen-bond acceptors (Lipinski definition) is 5. The molecule has 0 radical (unpaired) electrons. The number of amides is 2. The average Bonchev–Trinajstić information content (AvgIpc) is 2.57. The molecule has 7 nitrogen and oxygen atoms in total. The zero-order chi connectivity index (χ0) is 14.7. The fourth-order valence-electron chi connectivity index (χ4n) is 2.02. The van der Waals surface area contributed by atoms with E-state index in [2.05, 4.69) is 0 Å². The maximum absolute atomic E-state index is 11.4. The van der Waals surface area contributed by atoms with E-state index in [1.54, 1.807) is 6.92 Å². The maximum Gasteiger partial charge on any atom is 0.320 e. The molecule has 0 aromatic carbocycles. The van der Waals surface area contributed by atoms with Crippen molar-refractivity contribution < 1.29 is 24.5 Å². The molecule has 4 N–H and O–H groups in total. The first-order chi connectivity index (χ1) is 8.75. The van der Waals surface area contributed by atoms with Gasteiger partial charge in [0, 0.05) is 12.1 Å². The quantitative estimate of drug-likeness (QED) is 0.601. The van der Waals surface area contributed by atoms with Crippen molar-refractivity contribution in [2.75, 3.05) is 0 Å². The Bertz CT molecular complexity index is 382. The van der Waals surface area contributed by atoms with Crippen LogP contribution in [0.15, 0.2) is 12.3 Å². The van der Waals surface area contributed by atoms with Crippen molar-refractivity contribution in [3.8, 4) is 0 Å². The predicted molar refractivity (Wildman–Crippen MR) is 66.8 cm³/mol. The van der Waals surface area contributed by atoms with Gasteiger partial charge in [-0.05, 0) is 19.9 Å². The van der Waals surface area contributed by atoms with E-state index in [9.17, 15) is 19.8 Å². The standard InChI is InChI=1S/C12H20N2O5/c1-6(15)4-5-14(12(13)18)11-7(2)9(17)10(19-11)8(3)16/h4-5,7-11,16-17H,1-3H3,(H2,13,18)/b5-4-/t7-,8?,9+,10-,11-/m1/s1. The summed E-state index contributed by atoms with van der Waals surface area (Å²) in [5.41, 5.74) is 5.23. The van der Waals surface area contributed by atoms with Gasteiger partial charge in [-0.2, -0.15) is 0 Å². The van der Waals surface area contributed by atoms with Crippen LogP contribution in [0.2, 0.25) is 0 Å². The van der Waals surface area contributed by atoms with Crippen LogP contribution >= 0.6 is 0 Å². The van der Waals surface area contributed by atoms with Crippen LogP contribution in [-0.4, -0.2) is 51.5 Å². The zero-order valence-corrected chi connectivity index (χ0v) is 11.2. The summed E-state index contributed by atoms with van der Waals surface area (Å²) in [5, 5.41) is 19.5. The Hall–Kier alpha value is -1.44. The Morgan fingerprint density at radius 2 is 2.05 bits per heavy atom. The minimum absolute atomic E-state index is 0.246. The third-order valence-electron chi connectivity index (χ3n) is 3.10. The molecule has 0 spiro atoms. The summed E-state index contributed by atoms with van der Waals surface area (Å²) < 4.78 is 5.47. The van der Waals surface area contributed by atoms with E-state index in [1.165, 1.54) is 26.1 Å². The number of ether oxygens (including phenoxy) is 1. The van der Waals surface area contributed by atoms with E-state index in [1.807, 2.05) is 0 Å². The number of hydrogen-bond donors (Lipinski definition) is 3. The van der Waals surface area contributed by atoms with E-state index in [-0.39, 0.29) is 5.78 Å². The van der Waals surface area contributed by atoms with E-state index in [4.69, 9.17) is 10.5 Å². The van der Waals surface area contributed by atoms with Crippen molar-refractivity contribution in [1.29, 1.82) is 0 Å². The molecule has 2 amide bonds. The number of allylic oxidation sites excluding steroid dienone is 1. The van der Waals surface area contributed by atoms with Gasteiger partial charge in [0.1, 0.15) is 12.3 Å². The minimum Gasteiger partial charge on any atom is -0.391 e. The summed E-state index contributed by atoms with van der Waals surface area (Å²) in [6.45, 7) is 4.50. The molecule has 19 heavy (non-hydrogen) atoms. The first-order valence-electron chi connectivity index (χ1n) is 6.03. The van der Waals surface area contributed by atoms with E-state index < -0.39 is 36.5 Å². The summed E-state index contributed by atoms with van der Waals surface area (Å²) in [6.07, 6.45) is -1.01. The molecule has 1 aliphatic heterocycles. The molecule has 1 fully saturated rings. The summed E-state index contributed by atoms with van der Waals surface area (Å²) in [7, 11) is 0. The molecule has 1 saturated heterocycles. The molecule has 0 bridgehead atoms. The van der Waals surface area contributed by atoms with Gasteiger partial charge in [-0.15, -0.1) is 0 Å². The van der Waals surface area contributed by atoms with Crippen molar-refractivity contribution in [1.82, 2.24) is 4.90 Å². The second-order valence-corrected chi connectivity index (χ2v) is 4.75. The second kappa shape index (κ2) is 6.14. The highest BCUT2D eigenvalue weighted by Crippen LogP contribution is 2.31. The lowest BCUT2D eigenvalue weighted by atomic mass is 9.99. The summed E-state index contributed by atoms with van der Waals surface area (Å²) >= 11 is 0. The van der Waals surface area contributed by atoms with E-state index in [0.717, 1.165) is 4.90 Å². The topological polar surface area (TPSA) is 113 Å². The normalized spacial score (nSPS) is 32.5. The number of nitrogens with two attached hydrogens (primary N) is 1. The molecule has 1 unspecified atom stereocenters. The Morgan fingerprint density at radius 3 is 2.42 bits per heavy atom. The van der Waals surface area contributed by atoms with Gasteiger partial charge >= 0.3 is 6.03 Å². The number of ketones is 1. The van der Waals surface area contributed by atoms with Gasteiger partial charge in [-0.1, -0.05) is 6.92 Å². The Balaban J connectivity index is 2.92. The molecule has 5 atom stereocenters. The number of aliphatic hydroxyl groups is 2. The Labute approximate surface area is 111 Å². The molecular weight excluding hydrogens is 252 g/mol. The van der Waals surface area contributed by atoms with Crippen LogP contribution in [-0.2, 0) is 9.53 Å². The minimum atomic E-state index is -0.919. The highest BCUT2D eigenvalue weighted by molar-refractivity contribution is 5.87. The van der Waals surface area contributed by atoms with Gasteiger partial charge in [0.25, 0.3) is 0 Å². The van der Waals surface area contributed by atoms with Gasteiger partial charge in [0.05, 0.1) is 12.2 Å². The average molecular weight is 272 g/mol. The number of rotatable bonds is 4. The monoisotopic (exact) mass is 272 g/mol. The van der Waals surface area contributed by atoms with Crippen molar-refractivity contribution in [2.24, 2.45) is 11.7 Å². The summed E-state index contributed by atoms with van der Waals surface area (Å²) in [5.74, 6) is -0.687. The van der Waals surface area contributed by atoms with Crippen LogP contribution in [0.3, 0.4) is 0 Å². The number of aliphatic hydroxyl groups excluding tert-OH is 2. The summed E-state index contributed by atoms with van der Waals surface area (Å²) in [4.78, 5) is 23.3. The third kappa shape index (κ3) is 3.52. The molecule has 1 rings (SSSR count). The van der Waals surface area contributed by atoms with Crippen molar-refractivity contribution in [3.63, 3.8) is 0 Å². The SMILES string of the molecule is CC(=O)/C=C\N(C(N)=O)[C@@H]1O[C@H](C(C)O)[C@@H](O)[C@H]1C. The highest BCUT2D eigenvalue weighted by atomic mass is 16.5. The van der Waals surface area contributed by atoms with Gasteiger partial charge in [0.15, 0.2) is 5.78 Å². The molecule has 0 aromatic heterocycles. The molecule has 0 aliphatic carbocycles. The van der Waals surface area contributed by atoms with Crippen LogP contribution in [0.25, 0.3) is 0 Å². The molecule has 1 aliphatic rings. The third-order valence-corrected chi connectivity index (χ3v) is 3.10. The van der Waals surface area contributed by atoms with Gasteiger partial charge < -0.3 is 20.7 Å². The number of urea groups is 1. The van der Waals surface area contributed by atoms with Gasteiger partial charge in [0.2, 0.25) is 0 Å². The van der Waals surface area contributed by atoms with E-state index >= 15 is 0 Å². The molecule has 108 valence electrons. The zero-order valence-electron chi connectivity index (χ0n) is 11.2. The highest BCUT2D eigenvalue weighted by Gasteiger charge is 2.46. The second-order valence-electron chi connectivity index (χ2n) is 4.75. The molecule has 0 saturated carbocycles. The number of carbonyl (C=O) groups is 2. The van der Waals surface area contributed by atoms with Gasteiger partial charge in [-0.3, -0.25) is 9.69 Å². The molecule has 1 heterocycles. The fourth-order valence-corrected chi connectivity index (χ4v) is 2.02. The van der Waals surface area contributed by atoms with Crippen LogP contribution < -0.4 is 5.73 Å². The smallest absolute Gasteiger partial charge is 0.320 e. The lowest BCUT2D eigenvalue weighted by Gasteiger charge is -2.26. The van der Waals surface area contributed by atoms with Crippen LogP contribution in [0.1, 0.15) is 20.8 Å². The molecule has 7 heteroatoms. The van der Waals surface area contributed by atoms with Crippen LogP contribution in [0.4, 0.5) is 4.79 Å². The largest absolute Gasteiger partial charge is 0.391 e. The van der Waals surface area contributed by atoms with Crippen LogP contribution in [0, 0.1) is 5.92 Å².